The summed E-state index contributed by atoms with van der Waals surface area (Å²) in [6.07, 6.45) is 0.784. The van der Waals surface area contributed by atoms with Crippen LogP contribution < -0.4 is 0 Å². The summed E-state index contributed by atoms with van der Waals surface area (Å²) in [5.41, 5.74) is 0. The van der Waals surface area contributed by atoms with Crippen molar-refractivity contribution < 1.29 is 21.0 Å². The molecule has 0 atom stereocenters. The fourth-order valence-corrected chi connectivity index (χ4v) is 1.25. The van der Waals surface area contributed by atoms with Gasteiger partial charge in [-0.25, -0.2) is 8.42 Å². The molecule has 9 heavy (non-hydrogen) atoms. The molecule has 0 aliphatic rings. The van der Waals surface area contributed by atoms with E-state index in [1.54, 1.807) is 0 Å². The lowest BCUT2D eigenvalue weighted by molar-refractivity contribution is 0.377. The van der Waals surface area contributed by atoms with Crippen molar-refractivity contribution in [2.75, 3.05) is 12.2 Å². The van der Waals surface area contributed by atoms with Crippen molar-refractivity contribution in [3.8, 4) is 0 Å². The van der Waals surface area contributed by atoms with Crippen LogP contribution in [0.4, 0.5) is 0 Å². The third kappa shape index (κ3) is 7.86. The van der Waals surface area contributed by atoms with Gasteiger partial charge in [-0.1, -0.05) is 0 Å². The highest BCUT2D eigenvalue weighted by molar-refractivity contribution is 7.86. The number of rotatable bonds is 3. The van der Waals surface area contributed by atoms with Crippen LogP contribution in [0, 0.1) is 0 Å². The molecule has 0 aromatic carbocycles. The van der Waals surface area contributed by atoms with Gasteiger partial charge in [0.15, 0.2) is 16.6 Å². The van der Waals surface area contributed by atoms with Crippen molar-refractivity contribution in [2.45, 2.75) is 0 Å². The van der Waals surface area contributed by atoms with Gasteiger partial charge in [-0.3, -0.25) is 4.18 Å². The molecule has 0 amide bonds. The Bertz CT molecular complexity index is 226. The maximum Gasteiger partial charge on any atom is 0.265 e. The first kappa shape index (κ1) is 8.86. The molecule has 56 valence electrons. The summed E-state index contributed by atoms with van der Waals surface area (Å²) in [4.78, 5) is 0. The molecule has 0 aliphatic carbocycles. The summed E-state index contributed by atoms with van der Waals surface area (Å²) in [6, 6.07) is 0. The molecule has 0 N–H and O–H groups in total. The van der Waals surface area contributed by atoms with Crippen molar-refractivity contribution in [3.63, 3.8) is 0 Å². The SMILES string of the molecule is CS(=O)(=O)OC[SH](=O)=O. The summed E-state index contributed by atoms with van der Waals surface area (Å²) in [6.45, 7) is 0. The minimum atomic E-state index is -3.60. The molecular formula is C2H6O5S2. The number of thiol groups is 1. The minimum Gasteiger partial charge on any atom is -0.254 e. The van der Waals surface area contributed by atoms with Crippen molar-refractivity contribution in [1.29, 1.82) is 0 Å². The van der Waals surface area contributed by atoms with E-state index in [-0.39, 0.29) is 0 Å². The maximum atomic E-state index is 10.0. The van der Waals surface area contributed by atoms with Crippen molar-refractivity contribution >= 4 is 20.8 Å². The second-order valence-electron chi connectivity index (χ2n) is 1.28. The molecule has 0 unspecified atom stereocenters. The van der Waals surface area contributed by atoms with E-state index in [0.717, 1.165) is 6.26 Å². The van der Waals surface area contributed by atoms with Crippen LogP contribution in [0.2, 0.25) is 0 Å². The predicted octanol–water partition coefficient (Wildman–Crippen LogP) is -1.47. The molecule has 0 aromatic rings. The van der Waals surface area contributed by atoms with Gasteiger partial charge in [-0.2, -0.15) is 8.42 Å². The molecule has 0 rings (SSSR count). The average molecular weight is 174 g/mol. The zero-order valence-electron chi connectivity index (χ0n) is 4.60. The van der Waals surface area contributed by atoms with E-state index in [2.05, 4.69) is 4.18 Å². The summed E-state index contributed by atoms with van der Waals surface area (Å²) in [7, 11) is -6.37. The highest BCUT2D eigenvalue weighted by Crippen LogP contribution is 1.84. The molecule has 0 radical (unpaired) electrons. The lowest BCUT2D eigenvalue weighted by atomic mass is 11.7. The predicted molar refractivity (Wildman–Crippen MR) is 31.1 cm³/mol. The van der Waals surface area contributed by atoms with E-state index in [1.165, 1.54) is 0 Å². The first-order valence-electron chi connectivity index (χ1n) is 1.88. The van der Waals surface area contributed by atoms with Crippen LogP contribution in [-0.2, 0) is 25.0 Å². The lowest BCUT2D eigenvalue weighted by Gasteiger charge is -1.90. The van der Waals surface area contributed by atoms with Gasteiger partial charge in [-0.05, 0) is 0 Å². The largest absolute Gasteiger partial charge is 0.265 e. The Hall–Kier alpha value is -0.140. The van der Waals surface area contributed by atoms with Gasteiger partial charge in [0.05, 0.1) is 6.26 Å². The van der Waals surface area contributed by atoms with Crippen LogP contribution in [-0.4, -0.2) is 29.0 Å². The summed E-state index contributed by atoms with van der Waals surface area (Å²) in [5, 5.41) is 0. The van der Waals surface area contributed by atoms with Gasteiger partial charge >= 0.3 is 0 Å². The smallest absolute Gasteiger partial charge is 0.254 e. The third-order valence-electron chi connectivity index (χ3n) is 0.372. The summed E-state index contributed by atoms with van der Waals surface area (Å²) < 4.78 is 43.3. The Balaban J connectivity index is 3.81. The highest BCUT2D eigenvalue weighted by atomic mass is 32.2. The van der Waals surface area contributed by atoms with Crippen LogP contribution >= 0.6 is 0 Å². The third-order valence-corrected chi connectivity index (χ3v) is 1.43. The normalized spacial score (nSPS) is 12.2. The highest BCUT2D eigenvalue weighted by Gasteiger charge is 1.99. The molecule has 0 aromatic heterocycles. The van der Waals surface area contributed by atoms with Gasteiger partial charge < -0.3 is 0 Å². The summed E-state index contributed by atoms with van der Waals surface area (Å²) in [5.74, 6) is -0.770. The van der Waals surface area contributed by atoms with E-state index in [9.17, 15) is 16.8 Å². The fraction of sp³-hybridized carbons (Fsp3) is 1.00. The first-order chi connectivity index (χ1) is 3.92. The lowest BCUT2D eigenvalue weighted by Crippen LogP contribution is -2.04. The van der Waals surface area contributed by atoms with Gasteiger partial charge in [0.2, 0.25) is 0 Å². The second-order valence-corrected chi connectivity index (χ2v) is 3.85. The van der Waals surface area contributed by atoms with Crippen LogP contribution in [0.5, 0.6) is 0 Å². The first-order valence-corrected chi connectivity index (χ1v) is 5.06. The van der Waals surface area contributed by atoms with Crippen LogP contribution in [0.15, 0.2) is 0 Å². The molecule has 0 fully saturated rings. The van der Waals surface area contributed by atoms with Gasteiger partial charge in [0, 0.05) is 0 Å². The molecule has 0 aliphatic heterocycles. The average Bonchev–Trinajstić information content (AvgIpc) is 1.59. The van der Waals surface area contributed by atoms with E-state index in [0.29, 0.717) is 0 Å². The quantitative estimate of drug-likeness (QED) is 0.417. The van der Waals surface area contributed by atoms with E-state index in [1.807, 2.05) is 0 Å². The number of hydrogen-bond donors (Lipinski definition) is 1. The zero-order valence-corrected chi connectivity index (χ0v) is 6.31. The van der Waals surface area contributed by atoms with Gasteiger partial charge in [0.1, 0.15) is 0 Å². The topological polar surface area (TPSA) is 77.5 Å². The van der Waals surface area contributed by atoms with Gasteiger partial charge in [-0.15, -0.1) is 0 Å². The number of hydrogen-bond acceptors (Lipinski definition) is 5. The molecular weight excluding hydrogens is 168 g/mol. The molecule has 5 nitrogen and oxygen atoms in total. The van der Waals surface area contributed by atoms with E-state index < -0.39 is 26.8 Å². The maximum absolute atomic E-state index is 10.0. The molecule has 0 heterocycles. The Morgan fingerprint density at radius 2 is 1.89 bits per heavy atom. The molecule has 0 spiro atoms. The fourth-order valence-electron chi connectivity index (χ4n) is 0.139. The van der Waals surface area contributed by atoms with Crippen molar-refractivity contribution in [1.82, 2.24) is 0 Å². The van der Waals surface area contributed by atoms with E-state index in [4.69, 9.17) is 0 Å². The van der Waals surface area contributed by atoms with Crippen molar-refractivity contribution in [2.24, 2.45) is 0 Å². The molecule has 7 heteroatoms. The van der Waals surface area contributed by atoms with Crippen molar-refractivity contribution in [3.05, 3.63) is 0 Å². The van der Waals surface area contributed by atoms with E-state index >= 15 is 0 Å². The van der Waals surface area contributed by atoms with Crippen LogP contribution in [0.25, 0.3) is 0 Å². The van der Waals surface area contributed by atoms with Crippen LogP contribution in [0.1, 0.15) is 0 Å². The molecule has 0 saturated heterocycles. The Kier molecular flexibility index (Phi) is 3.09. The Labute approximate surface area is 54.7 Å². The van der Waals surface area contributed by atoms with Crippen LogP contribution in [0.3, 0.4) is 0 Å². The second kappa shape index (κ2) is 3.14. The summed E-state index contributed by atoms with van der Waals surface area (Å²) >= 11 is 0. The zero-order chi connectivity index (χ0) is 7.49. The minimum absolute atomic E-state index is 0.770. The Morgan fingerprint density at radius 3 is 2.00 bits per heavy atom. The van der Waals surface area contributed by atoms with Gasteiger partial charge in [0.25, 0.3) is 10.1 Å². The monoisotopic (exact) mass is 174 g/mol. The molecule has 0 saturated carbocycles. The standard InChI is InChI=1S/C2H6O5S2/c1-9(5,6)7-2-8(3)4/h8H,2H2,1H3. The Morgan fingerprint density at radius 1 is 1.44 bits per heavy atom. The molecule has 0 bridgehead atoms.